The Labute approximate surface area is 125 Å². The molecule has 5 aliphatic rings. The lowest BCUT2D eigenvalue weighted by Gasteiger charge is -2.54. The summed E-state index contributed by atoms with van der Waals surface area (Å²) < 4.78 is 0. The molecule has 1 amide bonds. The Morgan fingerprint density at radius 2 is 1.52 bits per heavy atom. The Balaban J connectivity index is 1.55. The topological polar surface area (TPSA) is 57.6 Å². The van der Waals surface area contributed by atoms with Crippen molar-refractivity contribution < 1.29 is 14.7 Å². The Morgan fingerprint density at radius 1 is 0.905 bits per heavy atom. The third-order valence-electron chi connectivity index (χ3n) is 6.58. The Bertz CT molecular complexity index is 433. The van der Waals surface area contributed by atoms with Crippen LogP contribution in [0.25, 0.3) is 0 Å². The van der Waals surface area contributed by atoms with Gasteiger partial charge in [-0.15, -0.1) is 0 Å². The van der Waals surface area contributed by atoms with Crippen molar-refractivity contribution in [3.8, 4) is 0 Å². The average molecular weight is 291 g/mol. The number of piperidine rings is 1. The molecule has 0 spiro atoms. The number of likely N-dealkylation sites (tertiary alicyclic amines) is 1. The first kappa shape index (κ1) is 13.6. The number of carbonyl (C=O) groups excluding carboxylic acids is 1. The van der Waals surface area contributed by atoms with Crippen LogP contribution in [0.5, 0.6) is 0 Å². The van der Waals surface area contributed by atoms with E-state index in [1.54, 1.807) is 4.90 Å². The number of rotatable bonds is 2. The summed E-state index contributed by atoms with van der Waals surface area (Å²) in [6.45, 7) is 0.651. The highest BCUT2D eigenvalue weighted by Crippen LogP contribution is 2.57. The molecule has 21 heavy (non-hydrogen) atoms. The molecule has 5 fully saturated rings. The summed E-state index contributed by atoms with van der Waals surface area (Å²) in [7, 11) is 0. The molecule has 5 rings (SSSR count). The van der Waals surface area contributed by atoms with Crippen LogP contribution in [0, 0.1) is 29.6 Å². The van der Waals surface area contributed by atoms with Gasteiger partial charge in [0.2, 0.25) is 5.91 Å². The van der Waals surface area contributed by atoms with Crippen molar-refractivity contribution >= 4 is 11.9 Å². The minimum absolute atomic E-state index is 0.137. The summed E-state index contributed by atoms with van der Waals surface area (Å²) in [4.78, 5) is 26.3. The van der Waals surface area contributed by atoms with E-state index in [4.69, 9.17) is 0 Å². The molecule has 0 aromatic rings. The first-order valence-corrected chi connectivity index (χ1v) is 8.66. The van der Waals surface area contributed by atoms with Gasteiger partial charge in [-0.05, 0) is 75.0 Å². The number of nitrogens with zero attached hydrogens (tertiary/aromatic N) is 1. The van der Waals surface area contributed by atoms with Crippen LogP contribution in [-0.4, -0.2) is 34.5 Å². The summed E-state index contributed by atoms with van der Waals surface area (Å²) >= 11 is 0. The molecule has 4 nitrogen and oxygen atoms in total. The van der Waals surface area contributed by atoms with Crippen molar-refractivity contribution in [1.29, 1.82) is 0 Å². The standard InChI is InChI=1S/C17H25NO3/c19-16(18-4-2-1-3-14(18)17(20)21)15-12-6-10-5-11(8-12)9-13(15)7-10/h10-15H,1-9H2,(H,20,21)/t10?,11?,12?,13?,14-,15?/m0/s1. The Hall–Kier alpha value is -1.06. The Kier molecular flexibility index (Phi) is 3.23. The maximum Gasteiger partial charge on any atom is 0.326 e. The monoisotopic (exact) mass is 291 g/mol. The average Bonchev–Trinajstić information content (AvgIpc) is 2.46. The fourth-order valence-corrected chi connectivity index (χ4v) is 5.97. The number of amides is 1. The molecule has 1 heterocycles. The number of carboxylic acid groups (broad SMARTS) is 1. The van der Waals surface area contributed by atoms with Crippen LogP contribution in [0.3, 0.4) is 0 Å². The minimum Gasteiger partial charge on any atom is -0.480 e. The van der Waals surface area contributed by atoms with Crippen LogP contribution in [0.1, 0.15) is 51.4 Å². The molecule has 116 valence electrons. The van der Waals surface area contributed by atoms with Gasteiger partial charge in [0.1, 0.15) is 6.04 Å². The summed E-state index contributed by atoms with van der Waals surface area (Å²) in [6, 6.07) is -0.566. The van der Waals surface area contributed by atoms with Crippen LogP contribution < -0.4 is 0 Å². The van der Waals surface area contributed by atoms with Crippen LogP contribution in [0.15, 0.2) is 0 Å². The lowest BCUT2D eigenvalue weighted by molar-refractivity contribution is -0.161. The highest BCUT2D eigenvalue weighted by Gasteiger charge is 2.52. The first-order chi connectivity index (χ1) is 10.1. The highest BCUT2D eigenvalue weighted by molar-refractivity contribution is 5.86. The van der Waals surface area contributed by atoms with Crippen LogP contribution in [0.4, 0.5) is 0 Å². The van der Waals surface area contributed by atoms with Crippen molar-refractivity contribution in [1.82, 2.24) is 4.90 Å². The minimum atomic E-state index is -0.813. The number of carbonyl (C=O) groups is 2. The van der Waals surface area contributed by atoms with E-state index in [-0.39, 0.29) is 11.8 Å². The summed E-state index contributed by atoms with van der Waals surface area (Å²) in [5, 5.41) is 9.41. The van der Waals surface area contributed by atoms with E-state index in [0.29, 0.717) is 24.8 Å². The molecule has 1 atom stereocenters. The van der Waals surface area contributed by atoms with Crippen molar-refractivity contribution in [3.63, 3.8) is 0 Å². The fourth-order valence-electron chi connectivity index (χ4n) is 5.97. The van der Waals surface area contributed by atoms with Gasteiger partial charge in [-0.3, -0.25) is 4.79 Å². The maximum absolute atomic E-state index is 13.1. The van der Waals surface area contributed by atoms with Gasteiger partial charge in [0.25, 0.3) is 0 Å². The van der Waals surface area contributed by atoms with E-state index in [1.807, 2.05) is 0 Å². The molecule has 0 radical (unpaired) electrons. The molecule has 4 saturated carbocycles. The molecule has 4 bridgehead atoms. The van der Waals surface area contributed by atoms with Gasteiger partial charge in [-0.1, -0.05) is 0 Å². The number of hydrogen-bond donors (Lipinski definition) is 1. The molecule has 4 heteroatoms. The SMILES string of the molecule is O=C(O)[C@@H]1CCCCN1C(=O)C1C2CC3CC(C2)CC1C3. The normalized spacial score (nSPS) is 44.9. The molecule has 4 aliphatic carbocycles. The number of aliphatic carboxylic acids is 1. The zero-order chi connectivity index (χ0) is 14.6. The Morgan fingerprint density at radius 3 is 2.10 bits per heavy atom. The smallest absolute Gasteiger partial charge is 0.326 e. The second-order valence-corrected chi connectivity index (χ2v) is 7.84. The van der Waals surface area contributed by atoms with Gasteiger partial charge in [0.15, 0.2) is 0 Å². The number of carboxylic acids is 1. The first-order valence-electron chi connectivity index (χ1n) is 8.66. The second kappa shape index (κ2) is 4.99. The lowest BCUT2D eigenvalue weighted by Crippen LogP contribution is -2.56. The molecular formula is C17H25NO3. The highest BCUT2D eigenvalue weighted by atomic mass is 16.4. The van der Waals surface area contributed by atoms with E-state index in [0.717, 1.165) is 24.7 Å². The predicted octanol–water partition coefficient (Wildman–Crippen LogP) is 2.52. The van der Waals surface area contributed by atoms with Crippen molar-refractivity contribution in [3.05, 3.63) is 0 Å². The van der Waals surface area contributed by atoms with Crippen LogP contribution in [0.2, 0.25) is 0 Å². The van der Waals surface area contributed by atoms with Crippen LogP contribution >= 0.6 is 0 Å². The predicted molar refractivity (Wildman–Crippen MR) is 77.5 cm³/mol. The van der Waals surface area contributed by atoms with E-state index in [2.05, 4.69) is 0 Å². The van der Waals surface area contributed by atoms with Crippen molar-refractivity contribution in [2.45, 2.75) is 57.4 Å². The van der Waals surface area contributed by atoms with E-state index < -0.39 is 12.0 Å². The molecular weight excluding hydrogens is 266 g/mol. The zero-order valence-corrected chi connectivity index (χ0v) is 12.5. The van der Waals surface area contributed by atoms with Gasteiger partial charge in [-0.2, -0.15) is 0 Å². The van der Waals surface area contributed by atoms with Gasteiger partial charge >= 0.3 is 5.97 Å². The zero-order valence-electron chi connectivity index (χ0n) is 12.5. The third-order valence-corrected chi connectivity index (χ3v) is 6.58. The van der Waals surface area contributed by atoms with Gasteiger partial charge in [-0.25, -0.2) is 4.79 Å². The number of hydrogen-bond acceptors (Lipinski definition) is 2. The molecule has 1 aliphatic heterocycles. The van der Waals surface area contributed by atoms with Gasteiger partial charge < -0.3 is 10.0 Å². The quantitative estimate of drug-likeness (QED) is 0.850. The second-order valence-electron chi connectivity index (χ2n) is 7.84. The molecule has 0 unspecified atom stereocenters. The largest absolute Gasteiger partial charge is 0.480 e. The van der Waals surface area contributed by atoms with Crippen molar-refractivity contribution in [2.24, 2.45) is 29.6 Å². The fraction of sp³-hybridized carbons (Fsp3) is 0.882. The molecule has 0 aromatic carbocycles. The summed E-state index contributed by atoms with van der Waals surface area (Å²) in [5.74, 6) is 2.30. The molecule has 1 saturated heterocycles. The van der Waals surface area contributed by atoms with E-state index >= 15 is 0 Å². The van der Waals surface area contributed by atoms with E-state index in [1.165, 1.54) is 32.1 Å². The maximum atomic E-state index is 13.1. The third kappa shape index (κ3) is 2.18. The summed E-state index contributed by atoms with van der Waals surface area (Å²) in [5.41, 5.74) is 0. The van der Waals surface area contributed by atoms with E-state index in [9.17, 15) is 14.7 Å². The van der Waals surface area contributed by atoms with Crippen LogP contribution in [-0.2, 0) is 9.59 Å². The summed E-state index contributed by atoms with van der Waals surface area (Å²) in [6.07, 6.45) is 8.78. The van der Waals surface area contributed by atoms with Gasteiger partial charge in [0, 0.05) is 12.5 Å². The molecule has 1 N–H and O–H groups in total. The van der Waals surface area contributed by atoms with Crippen molar-refractivity contribution in [2.75, 3.05) is 6.54 Å². The lowest BCUT2D eigenvalue weighted by atomic mass is 9.51. The molecule has 0 aromatic heterocycles. The van der Waals surface area contributed by atoms with Gasteiger partial charge in [0.05, 0.1) is 0 Å².